The minimum Gasteiger partial charge on any atom is -0.507 e. The van der Waals surface area contributed by atoms with E-state index in [-0.39, 0.29) is 17.1 Å². The molecule has 0 unspecified atom stereocenters. The number of hydrogen-bond acceptors (Lipinski definition) is 3. The average Bonchev–Trinajstić information content (AvgIpc) is 2.40. The van der Waals surface area contributed by atoms with Gasteiger partial charge in [-0.1, -0.05) is 12.1 Å². The summed E-state index contributed by atoms with van der Waals surface area (Å²) in [5, 5.41) is 21.3. The summed E-state index contributed by atoms with van der Waals surface area (Å²) in [7, 11) is 0. The molecule has 0 aliphatic rings. The molecule has 0 spiro atoms. The summed E-state index contributed by atoms with van der Waals surface area (Å²) >= 11 is 0. The number of halogens is 1. The summed E-state index contributed by atoms with van der Waals surface area (Å²) in [4.78, 5) is 10.9. The zero-order valence-electron chi connectivity index (χ0n) is 10.6. The second kappa shape index (κ2) is 6.06. The number of aromatic hydroxyl groups is 1. The van der Waals surface area contributed by atoms with Crippen LogP contribution in [0.1, 0.15) is 15.9 Å². The highest BCUT2D eigenvalue weighted by atomic mass is 19.1. The maximum atomic E-state index is 13.0. The van der Waals surface area contributed by atoms with Crippen LogP contribution in [-0.2, 0) is 6.42 Å². The van der Waals surface area contributed by atoms with E-state index in [0.717, 1.165) is 5.56 Å². The van der Waals surface area contributed by atoms with Gasteiger partial charge in [0.05, 0.1) is 0 Å². The molecule has 5 heteroatoms. The van der Waals surface area contributed by atoms with Gasteiger partial charge < -0.3 is 15.5 Å². The van der Waals surface area contributed by atoms with Crippen LogP contribution in [0.2, 0.25) is 0 Å². The smallest absolute Gasteiger partial charge is 0.339 e. The van der Waals surface area contributed by atoms with E-state index in [1.54, 1.807) is 12.1 Å². The van der Waals surface area contributed by atoms with Gasteiger partial charge in [0, 0.05) is 12.2 Å². The van der Waals surface area contributed by atoms with Crippen molar-refractivity contribution in [1.82, 2.24) is 0 Å². The Kier molecular flexibility index (Phi) is 4.20. The van der Waals surface area contributed by atoms with Crippen molar-refractivity contribution >= 4 is 11.7 Å². The monoisotopic (exact) mass is 275 g/mol. The maximum Gasteiger partial charge on any atom is 0.339 e. The van der Waals surface area contributed by atoms with Crippen molar-refractivity contribution in [3.05, 3.63) is 59.4 Å². The Morgan fingerprint density at radius 1 is 1.20 bits per heavy atom. The van der Waals surface area contributed by atoms with E-state index in [0.29, 0.717) is 18.7 Å². The number of benzene rings is 2. The lowest BCUT2D eigenvalue weighted by Gasteiger charge is -2.08. The first kappa shape index (κ1) is 13.9. The summed E-state index contributed by atoms with van der Waals surface area (Å²) in [5.74, 6) is -1.73. The summed E-state index contributed by atoms with van der Waals surface area (Å²) in [6.45, 7) is 0.535. The molecule has 0 saturated heterocycles. The second-order valence-electron chi connectivity index (χ2n) is 4.34. The van der Waals surface area contributed by atoms with Gasteiger partial charge in [0.2, 0.25) is 0 Å². The lowest BCUT2D eigenvalue weighted by atomic mass is 10.1. The van der Waals surface area contributed by atoms with E-state index in [2.05, 4.69) is 5.32 Å². The fourth-order valence-electron chi connectivity index (χ4n) is 1.86. The number of hydrogen-bond donors (Lipinski definition) is 3. The third kappa shape index (κ3) is 3.47. The van der Waals surface area contributed by atoms with Gasteiger partial charge in [0.15, 0.2) is 0 Å². The minimum atomic E-state index is -1.18. The van der Waals surface area contributed by atoms with Crippen molar-refractivity contribution < 1.29 is 19.4 Å². The summed E-state index contributed by atoms with van der Waals surface area (Å²) in [6, 6.07) is 10.6. The SMILES string of the molecule is O=C(O)c1cc(NCCc2cccc(F)c2)ccc1O. The second-order valence-corrected chi connectivity index (χ2v) is 4.34. The maximum absolute atomic E-state index is 13.0. The predicted octanol–water partition coefficient (Wildman–Crippen LogP) is 2.88. The molecule has 0 aliphatic heterocycles. The first-order valence-corrected chi connectivity index (χ1v) is 6.11. The molecule has 0 aliphatic carbocycles. The Bertz CT molecular complexity index is 628. The van der Waals surface area contributed by atoms with E-state index in [1.165, 1.54) is 24.3 Å². The van der Waals surface area contributed by atoms with Crippen molar-refractivity contribution in [2.24, 2.45) is 0 Å². The molecular weight excluding hydrogens is 261 g/mol. The van der Waals surface area contributed by atoms with Gasteiger partial charge in [-0.15, -0.1) is 0 Å². The Balaban J connectivity index is 1.97. The molecule has 0 aromatic heterocycles. The molecule has 0 heterocycles. The molecule has 2 rings (SSSR count). The van der Waals surface area contributed by atoms with E-state index >= 15 is 0 Å². The third-order valence-electron chi connectivity index (χ3n) is 2.86. The predicted molar refractivity (Wildman–Crippen MR) is 73.7 cm³/mol. The molecule has 104 valence electrons. The van der Waals surface area contributed by atoms with E-state index in [9.17, 15) is 14.3 Å². The zero-order valence-corrected chi connectivity index (χ0v) is 10.6. The molecule has 0 amide bonds. The van der Waals surface area contributed by atoms with Crippen molar-refractivity contribution in [3.8, 4) is 5.75 Å². The average molecular weight is 275 g/mol. The normalized spacial score (nSPS) is 10.2. The molecule has 2 aromatic rings. The molecule has 2 aromatic carbocycles. The first-order valence-electron chi connectivity index (χ1n) is 6.11. The van der Waals surface area contributed by atoms with Crippen molar-refractivity contribution in [1.29, 1.82) is 0 Å². The highest BCUT2D eigenvalue weighted by molar-refractivity contribution is 5.91. The van der Waals surface area contributed by atoms with E-state index in [1.807, 2.05) is 6.07 Å². The van der Waals surface area contributed by atoms with Crippen LogP contribution in [-0.4, -0.2) is 22.7 Å². The lowest BCUT2D eigenvalue weighted by Crippen LogP contribution is -2.06. The van der Waals surface area contributed by atoms with Crippen LogP contribution in [0.3, 0.4) is 0 Å². The number of aromatic carboxylic acids is 1. The number of carbonyl (C=O) groups is 1. The summed E-state index contributed by atoms with van der Waals surface area (Å²) in [6.07, 6.45) is 0.612. The summed E-state index contributed by atoms with van der Waals surface area (Å²) in [5.41, 5.74) is 1.30. The third-order valence-corrected chi connectivity index (χ3v) is 2.86. The molecular formula is C15H14FNO3. The molecule has 0 fully saturated rings. The number of nitrogens with one attached hydrogen (secondary N) is 1. The lowest BCUT2D eigenvalue weighted by molar-refractivity contribution is 0.0694. The van der Waals surface area contributed by atoms with Crippen LogP contribution >= 0.6 is 0 Å². The quantitative estimate of drug-likeness (QED) is 0.734. The van der Waals surface area contributed by atoms with Crippen molar-refractivity contribution in [2.75, 3.05) is 11.9 Å². The highest BCUT2D eigenvalue weighted by Crippen LogP contribution is 2.21. The van der Waals surface area contributed by atoms with E-state index < -0.39 is 5.97 Å². The van der Waals surface area contributed by atoms with Gasteiger partial charge in [0.25, 0.3) is 0 Å². The molecule has 3 N–H and O–H groups in total. The standard InChI is InChI=1S/C15H14FNO3/c16-11-3-1-2-10(8-11)6-7-17-12-4-5-14(18)13(9-12)15(19)20/h1-5,8-9,17-18H,6-7H2,(H,19,20). The molecule has 0 radical (unpaired) electrons. The number of carboxylic acid groups (broad SMARTS) is 1. The van der Waals surface area contributed by atoms with Gasteiger partial charge >= 0.3 is 5.97 Å². The largest absolute Gasteiger partial charge is 0.507 e. The van der Waals surface area contributed by atoms with Crippen molar-refractivity contribution in [3.63, 3.8) is 0 Å². The van der Waals surface area contributed by atoms with Gasteiger partial charge in [0.1, 0.15) is 17.1 Å². The van der Waals surface area contributed by atoms with Crippen LogP contribution in [0.5, 0.6) is 5.75 Å². The topological polar surface area (TPSA) is 69.6 Å². The Morgan fingerprint density at radius 3 is 2.70 bits per heavy atom. The number of phenols is 1. The molecule has 0 atom stereocenters. The fourth-order valence-corrected chi connectivity index (χ4v) is 1.86. The van der Waals surface area contributed by atoms with Gasteiger partial charge in [-0.2, -0.15) is 0 Å². The van der Waals surface area contributed by atoms with Gasteiger partial charge in [-0.25, -0.2) is 9.18 Å². The molecule has 4 nitrogen and oxygen atoms in total. The molecule has 0 saturated carbocycles. The highest BCUT2D eigenvalue weighted by Gasteiger charge is 2.09. The number of carboxylic acids is 1. The minimum absolute atomic E-state index is 0.152. The number of anilines is 1. The Morgan fingerprint density at radius 2 is 2.00 bits per heavy atom. The Hall–Kier alpha value is -2.56. The molecule has 20 heavy (non-hydrogen) atoms. The van der Waals surface area contributed by atoms with Crippen molar-refractivity contribution in [2.45, 2.75) is 6.42 Å². The van der Waals surface area contributed by atoms with Gasteiger partial charge in [-0.05, 0) is 42.3 Å². The van der Waals surface area contributed by atoms with E-state index in [4.69, 9.17) is 5.11 Å². The first-order chi connectivity index (χ1) is 9.56. The van der Waals surface area contributed by atoms with Crippen LogP contribution in [0.25, 0.3) is 0 Å². The van der Waals surface area contributed by atoms with Crippen LogP contribution in [0.15, 0.2) is 42.5 Å². The van der Waals surface area contributed by atoms with Crippen LogP contribution in [0, 0.1) is 5.82 Å². The van der Waals surface area contributed by atoms with Gasteiger partial charge in [-0.3, -0.25) is 0 Å². The zero-order chi connectivity index (χ0) is 14.5. The summed E-state index contributed by atoms with van der Waals surface area (Å²) < 4.78 is 13.0. The fraction of sp³-hybridized carbons (Fsp3) is 0.133. The molecule has 0 bridgehead atoms. The van der Waals surface area contributed by atoms with Crippen LogP contribution in [0.4, 0.5) is 10.1 Å². The van der Waals surface area contributed by atoms with Crippen LogP contribution < -0.4 is 5.32 Å². The number of rotatable bonds is 5. The Labute approximate surface area is 115 Å².